The Bertz CT molecular complexity index is 359. The zero-order chi connectivity index (χ0) is 9.26. The van der Waals surface area contributed by atoms with Gasteiger partial charge in [-0.15, -0.1) is 0 Å². The van der Waals surface area contributed by atoms with E-state index in [9.17, 15) is 4.79 Å². The number of aromatic nitrogens is 2. The molecular formula is C8H10BrN3O. The Morgan fingerprint density at radius 2 is 2.38 bits per heavy atom. The second kappa shape index (κ2) is 3.49. The number of rotatable bonds is 2. The van der Waals surface area contributed by atoms with Crippen LogP contribution >= 0.6 is 15.9 Å². The maximum atomic E-state index is 11.3. The predicted molar refractivity (Wildman–Crippen MR) is 53.8 cm³/mol. The van der Waals surface area contributed by atoms with Gasteiger partial charge in [0, 0.05) is 6.04 Å². The van der Waals surface area contributed by atoms with Gasteiger partial charge in [-0.1, -0.05) is 0 Å². The third-order valence-electron chi connectivity index (χ3n) is 2.20. The third-order valence-corrected chi connectivity index (χ3v) is 2.60. The van der Waals surface area contributed by atoms with Crippen molar-refractivity contribution in [3.63, 3.8) is 0 Å². The highest BCUT2D eigenvalue weighted by Crippen LogP contribution is 2.20. The Hall–Kier alpha value is -0.840. The number of aromatic amines is 1. The van der Waals surface area contributed by atoms with Gasteiger partial charge in [-0.05, 0) is 35.2 Å². The summed E-state index contributed by atoms with van der Waals surface area (Å²) in [6.45, 7) is 0. The average molecular weight is 244 g/mol. The van der Waals surface area contributed by atoms with Gasteiger partial charge in [0.15, 0.2) is 5.82 Å². The maximum absolute atomic E-state index is 11.3. The quantitative estimate of drug-likeness (QED) is 0.828. The second-order valence-electron chi connectivity index (χ2n) is 3.18. The molecule has 1 aliphatic carbocycles. The van der Waals surface area contributed by atoms with Gasteiger partial charge in [-0.2, -0.15) is 0 Å². The van der Waals surface area contributed by atoms with Crippen molar-refractivity contribution in [1.29, 1.82) is 0 Å². The topological polar surface area (TPSA) is 57.8 Å². The summed E-state index contributed by atoms with van der Waals surface area (Å²) in [5, 5.41) is 3.10. The molecule has 5 heteroatoms. The molecule has 0 amide bonds. The molecular weight excluding hydrogens is 234 g/mol. The molecule has 0 aliphatic heterocycles. The van der Waals surface area contributed by atoms with E-state index in [1.54, 1.807) is 6.20 Å². The first-order valence-corrected chi connectivity index (χ1v) is 5.06. The largest absolute Gasteiger partial charge is 0.363 e. The van der Waals surface area contributed by atoms with Crippen LogP contribution in [-0.4, -0.2) is 16.0 Å². The number of hydrogen-bond donors (Lipinski definition) is 2. The summed E-state index contributed by atoms with van der Waals surface area (Å²) in [6, 6.07) is 0.440. The van der Waals surface area contributed by atoms with Gasteiger partial charge >= 0.3 is 0 Å². The van der Waals surface area contributed by atoms with E-state index in [-0.39, 0.29) is 5.56 Å². The Morgan fingerprint density at radius 3 is 2.92 bits per heavy atom. The summed E-state index contributed by atoms with van der Waals surface area (Å²) in [7, 11) is 0. The number of anilines is 1. The molecule has 0 spiro atoms. The highest BCUT2D eigenvalue weighted by molar-refractivity contribution is 9.10. The van der Waals surface area contributed by atoms with E-state index < -0.39 is 0 Å². The van der Waals surface area contributed by atoms with Crippen LogP contribution in [0.3, 0.4) is 0 Å². The monoisotopic (exact) mass is 243 g/mol. The predicted octanol–water partition coefficient (Wildman–Crippen LogP) is 1.50. The van der Waals surface area contributed by atoms with Crippen LogP contribution in [0.4, 0.5) is 5.82 Å². The van der Waals surface area contributed by atoms with Crippen molar-refractivity contribution < 1.29 is 0 Å². The number of hydrogen-bond acceptors (Lipinski definition) is 3. The molecule has 0 bridgehead atoms. The van der Waals surface area contributed by atoms with Crippen LogP contribution in [0.15, 0.2) is 15.6 Å². The van der Waals surface area contributed by atoms with Gasteiger partial charge in [0.1, 0.15) is 4.60 Å². The van der Waals surface area contributed by atoms with E-state index in [0.717, 1.165) is 12.8 Å². The molecule has 0 aromatic carbocycles. The molecule has 2 N–H and O–H groups in total. The number of nitrogens with one attached hydrogen (secondary N) is 2. The molecule has 1 heterocycles. The van der Waals surface area contributed by atoms with Gasteiger partial charge in [-0.3, -0.25) is 4.79 Å². The van der Waals surface area contributed by atoms with Gasteiger partial charge in [-0.25, -0.2) is 4.98 Å². The zero-order valence-electron chi connectivity index (χ0n) is 7.01. The lowest BCUT2D eigenvalue weighted by Gasteiger charge is -2.26. The first-order chi connectivity index (χ1) is 6.25. The van der Waals surface area contributed by atoms with E-state index in [2.05, 4.69) is 31.2 Å². The molecule has 0 radical (unpaired) electrons. The summed E-state index contributed by atoms with van der Waals surface area (Å²) < 4.78 is 0.608. The minimum atomic E-state index is -0.165. The fourth-order valence-corrected chi connectivity index (χ4v) is 1.51. The van der Waals surface area contributed by atoms with Crippen LogP contribution < -0.4 is 10.9 Å². The SMILES string of the molecule is O=c1[nH]c(Br)cnc1NC1CCC1. The van der Waals surface area contributed by atoms with Crippen molar-refractivity contribution in [3.05, 3.63) is 21.2 Å². The highest BCUT2D eigenvalue weighted by Gasteiger charge is 2.18. The highest BCUT2D eigenvalue weighted by atomic mass is 79.9. The smallest absolute Gasteiger partial charge is 0.291 e. The van der Waals surface area contributed by atoms with Crippen molar-refractivity contribution in [2.75, 3.05) is 5.32 Å². The van der Waals surface area contributed by atoms with Gasteiger partial charge < -0.3 is 10.3 Å². The van der Waals surface area contributed by atoms with Crippen LogP contribution in [0.25, 0.3) is 0 Å². The summed E-state index contributed by atoms with van der Waals surface area (Å²) in [5.74, 6) is 0.424. The fourth-order valence-electron chi connectivity index (χ4n) is 1.23. The second-order valence-corrected chi connectivity index (χ2v) is 4.04. The summed E-state index contributed by atoms with van der Waals surface area (Å²) in [5.41, 5.74) is -0.165. The van der Waals surface area contributed by atoms with Crippen molar-refractivity contribution in [2.24, 2.45) is 0 Å². The minimum absolute atomic E-state index is 0.165. The summed E-state index contributed by atoms with van der Waals surface area (Å²) in [4.78, 5) is 17.9. The molecule has 4 nitrogen and oxygen atoms in total. The third kappa shape index (κ3) is 1.91. The summed E-state index contributed by atoms with van der Waals surface area (Å²) in [6.07, 6.45) is 5.10. The standard InChI is InChI=1S/C8H10BrN3O/c9-6-4-10-7(8(13)12-6)11-5-2-1-3-5/h4-5H,1-3H2,(H,10,11)(H,12,13). The van der Waals surface area contributed by atoms with E-state index >= 15 is 0 Å². The molecule has 13 heavy (non-hydrogen) atoms. The molecule has 1 aliphatic rings. The maximum Gasteiger partial charge on any atom is 0.291 e. The molecule has 1 aromatic rings. The molecule has 1 saturated carbocycles. The molecule has 0 saturated heterocycles. The molecule has 1 aromatic heterocycles. The Morgan fingerprint density at radius 1 is 1.62 bits per heavy atom. The van der Waals surface area contributed by atoms with E-state index in [1.807, 2.05) is 0 Å². The van der Waals surface area contributed by atoms with Crippen LogP contribution in [0.1, 0.15) is 19.3 Å². The van der Waals surface area contributed by atoms with Crippen molar-refractivity contribution in [2.45, 2.75) is 25.3 Å². The van der Waals surface area contributed by atoms with Gasteiger partial charge in [0.25, 0.3) is 5.56 Å². The lowest BCUT2D eigenvalue weighted by Crippen LogP contribution is -2.30. The molecule has 0 unspecified atom stereocenters. The van der Waals surface area contributed by atoms with Crippen LogP contribution in [0.2, 0.25) is 0 Å². The lowest BCUT2D eigenvalue weighted by molar-refractivity contribution is 0.444. The first-order valence-electron chi connectivity index (χ1n) is 4.27. The van der Waals surface area contributed by atoms with Crippen LogP contribution in [0, 0.1) is 0 Å². The number of halogens is 1. The van der Waals surface area contributed by atoms with Gasteiger partial charge in [0.05, 0.1) is 6.20 Å². The van der Waals surface area contributed by atoms with Gasteiger partial charge in [0.2, 0.25) is 0 Å². The van der Waals surface area contributed by atoms with E-state index in [0.29, 0.717) is 16.5 Å². The van der Waals surface area contributed by atoms with Crippen molar-refractivity contribution >= 4 is 21.7 Å². The first kappa shape index (κ1) is 8.74. The Kier molecular flexibility index (Phi) is 2.35. The normalized spacial score (nSPS) is 16.7. The number of nitrogens with zero attached hydrogens (tertiary/aromatic N) is 1. The minimum Gasteiger partial charge on any atom is -0.363 e. The molecule has 1 fully saturated rings. The molecule has 0 atom stereocenters. The molecule has 70 valence electrons. The Labute approximate surface area is 83.9 Å². The van der Waals surface area contributed by atoms with E-state index in [1.165, 1.54) is 6.42 Å². The lowest BCUT2D eigenvalue weighted by atomic mass is 9.93. The summed E-state index contributed by atoms with van der Waals surface area (Å²) >= 11 is 3.15. The average Bonchev–Trinajstić information content (AvgIpc) is 1.99. The van der Waals surface area contributed by atoms with E-state index in [4.69, 9.17) is 0 Å². The van der Waals surface area contributed by atoms with Crippen molar-refractivity contribution in [3.8, 4) is 0 Å². The zero-order valence-corrected chi connectivity index (χ0v) is 8.60. The molecule has 2 rings (SSSR count). The Balaban J connectivity index is 2.15. The van der Waals surface area contributed by atoms with Crippen LogP contribution in [-0.2, 0) is 0 Å². The van der Waals surface area contributed by atoms with Crippen molar-refractivity contribution in [1.82, 2.24) is 9.97 Å². The van der Waals surface area contributed by atoms with Crippen LogP contribution in [0.5, 0.6) is 0 Å². The number of H-pyrrole nitrogens is 1. The fraction of sp³-hybridized carbons (Fsp3) is 0.500.